The number of pyridine rings is 1. The number of benzene rings is 1. The summed E-state index contributed by atoms with van der Waals surface area (Å²) in [5.41, 5.74) is 9.32. The first-order valence-corrected chi connectivity index (χ1v) is 8.18. The number of carbonyl (C=O) groups is 1. The van der Waals surface area contributed by atoms with Gasteiger partial charge in [0.2, 0.25) is 0 Å². The van der Waals surface area contributed by atoms with Crippen molar-refractivity contribution in [1.82, 2.24) is 9.97 Å². The Hall–Kier alpha value is -2.37. The van der Waals surface area contributed by atoms with Crippen LogP contribution in [0.1, 0.15) is 28.8 Å². The average Bonchev–Trinajstić information content (AvgIpc) is 2.96. The number of aromatic amines is 1. The summed E-state index contributed by atoms with van der Waals surface area (Å²) in [6, 6.07) is 6.96. The molecule has 0 fully saturated rings. The molecule has 1 aromatic carbocycles. The number of aryl methyl sites for hydroxylation is 1. The van der Waals surface area contributed by atoms with Crippen molar-refractivity contribution >= 4 is 28.5 Å². The lowest BCUT2D eigenvalue weighted by Gasteiger charge is -2.06. The summed E-state index contributed by atoms with van der Waals surface area (Å²) >= 11 is 6.31. The molecule has 0 bridgehead atoms. The molecular weight excluding hydrogens is 326 g/mol. The minimum atomic E-state index is -0.961. The number of hydrogen-bond donors (Lipinski definition) is 3. The van der Waals surface area contributed by atoms with Crippen LogP contribution in [0.2, 0.25) is 5.02 Å². The van der Waals surface area contributed by atoms with Gasteiger partial charge >= 0.3 is 5.97 Å². The van der Waals surface area contributed by atoms with Crippen molar-refractivity contribution < 1.29 is 9.90 Å². The number of halogens is 1. The van der Waals surface area contributed by atoms with Crippen molar-refractivity contribution in [3.05, 3.63) is 52.8 Å². The van der Waals surface area contributed by atoms with Crippen LogP contribution in [0, 0.1) is 0 Å². The largest absolute Gasteiger partial charge is 0.478 e. The molecule has 3 aromatic rings. The van der Waals surface area contributed by atoms with Crippen molar-refractivity contribution in [2.24, 2.45) is 5.73 Å². The van der Waals surface area contributed by atoms with Crippen LogP contribution in [0.15, 0.2) is 36.7 Å². The first-order valence-electron chi connectivity index (χ1n) is 7.80. The molecule has 124 valence electrons. The van der Waals surface area contributed by atoms with E-state index in [-0.39, 0.29) is 5.56 Å². The standard InChI is InChI=1S/C18H18ClN3O2/c19-14-5-4-13(18(23)24)15-12(3-1-2-8-20)16(22-17(14)15)11-6-9-21-10-7-11/h4-7,9-10,22H,1-3,8,20H2,(H,23,24). The zero-order chi connectivity index (χ0) is 17.1. The number of aromatic nitrogens is 2. The van der Waals surface area contributed by atoms with E-state index in [2.05, 4.69) is 9.97 Å². The molecule has 0 aliphatic carbocycles. The lowest BCUT2D eigenvalue weighted by molar-refractivity contribution is 0.0699. The van der Waals surface area contributed by atoms with Gasteiger partial charge in [-0.1, -0.05) is 11.6 Å². The molecule has 4 N–H and O–H groups in total. The van der Waals surface area contributed by atoms with Crippen molar-refractivity contribution in [3.63, 3.8) is 0 Å². The molecule has 0 saturated carbocycles. The van der Waals surface area contributed by atoms with Crippen molar-refractivity contribution in [2.75, 3.05) is 6.54 Å². The van der Waals surface area contributed by atoms with Gasteiger partial charge in [0.25, 0.3) is 0 Å². The molecule has 2 heterocycles. The van der Waals surface area contributed by atoms with Gasteiger partial charge < -0.3 is 15.8 Å². The van der Waals surface area contributed by atoms with Crippen molar-refractivity contribution in [3.8, 4) is 11.3 Å². The maximum atomic E-state index is 11.7. The summed E-state index contributed by atoms with van der Waals surface area (Å²) in [5, 5.41) is 10.8. The maximum absolute atomic E-state index is 11.7. The Morgan fingerprint density at radius 1 is 1.21 bits per heavy atom. The summed E-state index contributed by atoms with van der Waals surface area (Å²) in [4.78, 5) is 19.0. The van der Waals surface area contributed by atoms with Crippen LogP contribution in [0.25, 0.3) is 22.2 Å². The number of nitrogens with two attached hydrogens (primary N) is 1. The lowest BCUT2D eigenvalue weighted by Crippen LogP contribution is -2.01. The maximum Gasteiger partial charge on any atom is 0.336 e. The number of carboxylic acid groups (broad SMARTS) is 1. The number of fused-ring (bicyclic) bond motifs is 1. The van der Waals surface area contributed by atoms with E-state index in [1.54, 1.807) is 24.5 Å². The number of unbranched alkanes of at least 4 members (excludes halogenated alkanes) is 1. The third-order valence-electron chi connectivity index (χ3n) is 4.09. The van der Waals surface area contributed by atoms with Gasteiger partial charge in [-0.2, -0.15) is 0 Å². The van der Waals surface area contributed by atoms with Crippen molar-refractivity contribution in [2.45, 2.75) is 19.3 Å². The summed E-state index contributed by atoms with van der Waals surface area (Å²) in [7, 11) is 0. The molecule has 0 spiro atoms. The molecule has 0 aliphatic rings. The molecule has 0 aliphatic heterocycles. The molecular formula is C18H18ClN3O2. The molecule has 3 rings (SSSR count). The molecule has 24 heavy (non-hydrogen) atoms. The van der Waals surface area contributed by atoms with E-state index < -0.39 is 5.97 Å². The number of carboxylic acids is 1. The Morgan fingerprint density at radius 2 is 1.96 bits per heavy atom. The monoisotopic (exact) mass is 343 g/mol. The number of nitrogens with zero attached hydrogens (tertiary/aromatic N) is 1. The Morgan fingerprint density at radius 3 is 2.62 bits per heavy atom. The molecule has 0 unspecified atom stereocenters. The van der Waals surface area contributed by atoms with Crippen LogP contribution in [0.3, 0.4) is 0 Å². The van der Waals surface area contributed by atoms with Crippen LogP contribution in [0.4, 0.5) is 0 Å². The molecule has 5 nitrogen and oxygen atoms in total. The zero-order valence-corrected chi connectivity index (χ0v) is 13.8. The van der Waals surface area contributed by atoms with E-state index in [4.69, 9.17) is 17.3 Å². The Bertz CT molecular complexity index is 875. The molecule has 0 saturated heterocycles. The number of H-pyrrole nitrogens is 1. The van der Waals surface area contributed by atoms with Crippen LogP contribution in [0.5, 0.6) is 0 Å². The molecule has 0 atom stereocenters. The molecule has 2 aromatic heterocycles. The minimum absolute atomic E-state index is 0.258. The second kappa shape index (κ2) is 7.03. The highest BCUT2D eigenvalue weighted by Gasteiger charge is 2.20. The van der Waals surface area contributed by atoms with Gasteiger partial charge in [-0.05, 0) is 55.6 Å². The average molecular weight is 344 g/mol. The predicted molar refractivity (Wildman–Crippen MR) is 95.5 cm³/mol. The first-order chi connectivity index (χ1) is 11.6. The summed E-state index contributed by atoms with van der Waals surface area (Å²) in [6.07, 6.45) is 5.92. The third-order valence-corrected chi connectivity index (χ3v) is 4.40. The predicted octanol–water partition coefficient (Wildman–Crippen LogP) is 3.86. The highest BCUT2D eigenvalue weighted by molar-refractivity contribution is 6.36. The summed E-state index contributed by atoms with van der Waals surface area (Å²) in [5.74, 6) is -0.961. The van der Waals surface area contributed by atoms with Gasteiger partial charge in [-0.25, -0.2) is 4.79 Å². The van der Waals surface area contributed by atoms with E-state index in [1.807, 2.05) is 12.1 Å². The van der Waals surface area contributed by atoms with Crippen LogP contribution >= 0.6 is 11.6 Å². The minimum Gasteiger partial charge on any atom is -0.478 e. The quantitative estimate of drug-likeness (QED) is 0.592. The first kappa shape index (κ1) is 16.5. The number of aromatic carboxylic acids is 1. The van der Waals surface area contributed by atoms with Gasteiger partial charge in [0.05, 0.1) is 16.1 Å². The molecule has 6 heteroatoms. The van der Waals surface area contributed by atoms with Crippen LogP contribution < -0.4 is 5.73 Å². The van der Waals surface area contributed by atoms with E-state index in [9.17, 15) is 9.90 Å². The Balaban J connectivity index is 2.27. The fourth-order valence-electron chi connectivity index (χ4n) is 2.98. The fraction of sp³-hybridized carbons (Fsp3) is 0.222. The number of hydrogen-bond acceptors (Lipinski definition) is 3. The van der Waals surface area contributed by atoms with Gasteiger partial charge in [0, 0.05) is 29.0 Å². The van der Waals surface area contributed by atoms with Crippen LogP contribution in [-0.2, 0) is 6.42 Å². The van der Waals surface area contributed by atoms with Gasteiger partial charge in [0.15, 0.2) is 0 Å². The second-order valence-corrected chi connectivity index (χ2v) is 6.02. The van der Waals surface area contributed by atoms with Gasteiger partial charge in [-0.15, -0.1) is 0 Å². The van der Waals surface area contributed by atoms with E-state index in [0.717, 1.165) is 36.1 Å². The molecule has 0 radical (unpaired) electrons. The van der Waals surface area contributed by atoms with E-state index >= 15 is 0 Å². The zero-order valence-electron chi connectivity index (χ0n) is 13.1. The highest BCUT2D eigenvalue weighted by Crippen LogP contribution is 2.36. The van der Waals surface area contributed by atoms with Gasteiger partial charge in [0.1, 0.15) is 0 Å². The summed E-state index contributed by atoms with van der Waals surface area (Å²) in [6.45, 7) is 0.611. The SMILES string of the molecule is NCCCCc1c(-c2ccncc2)[nH]c2c(Cl)ccc(C(=O)O)c12. The number of rotatable bonds is 6. The highest BCUT2D eigenvalue weighted by atomic mass is 35.5. The smallest absolute Gasteiger partial charge is 0.336 e. The van der Waals surface area contributed by atoms with E-state index in [1.165, 1.54) is 0 Å². The van der Waals surface area contributed by atoms with Crippen molar-refractivity contribution in [1.29, 1.82) is 0 Å². The normalized spacial score (nSPS) is 11.1. The van der Waals surface area contributed by atoms with Crippen LogP contribution in [-0.4, -0.2) is 27.6 Å². The fourth-order valence-corrected chi connectivity index (χ4v) is 3.18. The second-order valence-electron chi connectivity index (χ2n) is 5.61. The van der Waals surface area contributed by atoms with Gasteiger partial charge in [-0.3, -0.25) is 4.98 Å². The Labute approximate surface area is 144 Å². The topological polar surface area (TPSA) is 92.0 Å². The number of nitrogens with one attached hydrogen (secondary N) is 1. The summed E-state index contributed by atoms with van der Waals surface area (Å²) < 4.78 is 0. The molecule has 0 amide bonds. The van der Waals surface area contributed by atoms with E-state index in [0.29, 0.717) is 22.5 Å². The third kappa shape index (κ3) is 3.00. The Kier molecular flexibility index (Phi) is 4.83. The lowest BCUT2D eigenvalue weighted by atomic mass is 9.98.